The van der Waals surface area contributed by atoms with Crippen LogP contribution in [0.5, 0.6) is 0 Å². The number of carbonyl (C=O) groups excluding carboxylic acids is 3. The summed E-state index contributed by atoms with van der Waals surface area (Å²) in [6.07, 6.45) is 48.5. The van der Waals surface area contributed by atoms with E-state index in [0.717, 1.165) is 38.5 Å². The molecule has 0 aliphatic carbocycles. The second kappa shape index (κ2) is 44.9. The number of unbranched alkanes of at least 4 members (excludes halogenated alkanes) is 35. The Morgan fingerprint density at radius 3 is 1.02 bits per heavy atom. The average Bonchev–Trinajstić information content (AvgIpc) is 3.22. The van der Waals surface area contributed by atoms with Crippen molar-refractivity contribution in [2.24, 2.45) is 0 Å². The fraction of sp³-hybridized carbons (Fsp3) is 0.943. The highest BCUT2D eigenvalue weighted by Gasteiger charge is 2.25. The first-order chi connectivity index (χ1) is 29.6. The highest BCUT2D eigenvalue weighted by molar-refractivity contribution is 5.70. The lowest BCUT2D eigenvalue weighted by Gasteiger charge is -2.34. The van der Waals surface area contributed by atoms with Crippen molar-refractivity contribution < 1.29 is 38.2 Å². The van der Waals surface area contributed by atoms with E-state index in [9.17, 15) is 19.5 Å². The number of hydrogen-bond acceptors (Lipinski definition) is 7. The molecule has 0 saturated carbocycles. The number of hydrogen-bond donors (Lipinski definition) is 0. The zero-order chi connectivity index (χ0) is 44.9. The zero-order valence-electron chi connectivity index (χ0n) is 41.4. The fourth-order valence-corrected chi connectivity index (χ4v) is 8.37. The summed E-state index contributed by atoms with van der Waals surface area (Å²) < 4.78 is 17.3. The van der Waals surface area contributed by atoms with Gasteiger partial charge in [-0.05, 0) is 12.8 Å². The lowest BCUT2D eigenvalue weighted by Crippen LogP contribution is -2.55. The SMILES string of the molecule is CCCCCCCCCCCCCCCCCCCCCCCC(=O)OCC(COCCC(C(=O)[O-])[N+](C)(C)C)OC(=O)CCCCCCCCCCCCCCCCCC. The van der Waals surface area contributed by atoms with Gasteiger partial charge in [0.25, 0.3) is 0 Å². The maximum Gasteiger partial charge on any atom is 0.306 e. The molecule has 0 bridgehead atoms. The van der Waals surface area contributed by atoms with Gasteiger partial charge in [-0.25, -0.2) is 0 Å². The topological polar surface area (TPSA) is 102 Å². The smallest absolute Gasteiger partial charge is 0.306 e. The van der Waals surface area contributed by atoms with Gasteiger partial charge in [0, 0.05) is 19.3 Å². The van der Waals surface area contributed by atoms with Crippen LogP contribution in [0.3, 0.4) is 0 Å². The Labute approximate surface area is 378 Å². The summed E-state index contributed by atoms with van der Waals surface area (Å²) in [6, 6.07) is -0.720. The number of carboxylic acid groups (broad SMARTS) is 1. The van der Waals surface area contributed by atoms with Crippen molar-refractivity contribution in [2.75, 3.05) is 41.0 Å². The lowest BCUT2D eigenvalue weighted by molar-refractivity contribution is -0.889. The van der Waals surface area contributed by atoms with E-state index in [1.54, 1.807) is 0 Å². The summed E-state index contributed by atoms with van der Waals surface area (Å²) in [5, 5.41) is 11.7. The second-order valence-corrected chi connectivity index (χ2v) is 19.5. The Morgan fingerprint density at radius 2 is 0.721 bits per heavy atom. The van der Waals surface area contributed by atoms with Crippen LogP contribution in [0.2, 0.25) is 0 Å². The van der Waals surface area contributed by atoms with Crippen molar-refractivity contribution >= 4 is 17.9 Å². The zero-order valence-corrected chi connectivity index (χ0v) is 41.4. The van der Waals surface area contributed by atoms with Crippen molar-refractivity contribution in [1.29, 1.82) is 0 Å². The van der Waals surface area contributed by atoms with Gasteiger partial charge in [0.2, 0.25) is 0 Å². The van der Waals surface area contributed by atoms with Gasteiger partial charge >= 0.3 is 11.9 Å². The molecule has 0 N–H and O–H groups in total. The van der Waals surface area contributed by atoms with Crippen LogP contribution in [-0.4, -0.2) is 75.5 Å². The van der Waals surface area contributed by atoms with E-state index in [2.05, 4.69) is 13.8 Å². The first kappa shape index (κ1) is 59.3. The summed E-state index contributed by atoms with van der Waals surface area (Å²) in [5.74, 6) is -1.70. The van der Waals surface area contributed by atoms with Crippen molar-refractivity contribution in [3.63, 3.8) is 0 Å². The monoisotopic (exact) mass is 866 g/mol. The van der Waals surface area contributed by atoms with Crippen LogP contribution in [0, 0.1) is 0 Å². The number of ether oxygens (including phenoxy) is 3. The molecule has 0 aromatic carbocycles. The Hall–Kier alpha value is -1.67. The standard InChI is InChI=1S/C53H103NO7/c1-6-8-10-12-14-16-18-20-22-24-25-26-27-28-30-31-33-35-37-39-41-43-51(55)60-48-49(47-59-46-45-50(53(57)58)54(3,4)5)61-52(56)44-42-40-38-36-34-32-29-23-21-19-17-15-13-11-9-7-2/h49-50H,6-48H2,1-5H3. The van der Waals surface area contributed by atoms with Gasteiger partial charge in [-0.15, -0.1) is 0 Å². The van der Waals surface area contributed by atoms with E-state index < -0.39 is 18.1 Å². The molecule has 0 saturated heterocycles. The molecular weight excluding hydrogens is 763 g/mol. The number of esters is 2. The highest BCUT2D eigenvalue weighted by atomic mass is 16.6. The van der Waals surface area contributed by atoms with E-state index in [-0.39, 0.29) is 42.7 Å². The van der Waals surface area contributed by atoms with Crippen LogP contribution < -0.4 is 5.11 Å². The summed E-state index contributed by atoms with van der Waals surface area (Å²) in [7, 11) is 5.43. The summed E-state index contributed by atoms with van der Waals surface area (Å²) >= 11 is 0. The summed E-state index contributed by atoms with van der Waals surface area (Å²) in [6.45, 7) is 4.73. The maximum absolute atomic E-state index is 12.8. The van der Waals surface area contributed by atoms with Crippen molar-refractivity contribution in [2.45, 2.75) is 283 Å². The third kappa shape index (κ3) is 43.4. The van der Waals surface area contributed by atoms with Gasteiger partial charge in [-0.3, -0.25) is 9.59 Å². The molecule has 2 unspecified atom stereocenters. The first-order valence-electron chi connectivity index (χ1n) is 26.6. The minimum Gasteiger partial charge on any atom is -0.544 e. The minimum atomic E-state index is -1.12. The van der Waals surface area contributed by atoms with Gasteiger partial charge in [0.1, 0.15) is 12.6 Å². The van der Waals surface area contributed by atoms with E-state index in [1.165, 1.54) is 199 Å². The number of aliphatic carboxylic acids is 1. The Kier molecular flexibility index (Phi) is 43.7. The van der Waals surface area contributed by atoms with Crippen molar-refractivity contribution in [3.05, 3.63) is 0 Å². The van der Waals surface area contributed by atoms with Crippen LogP contribution in [0.4, 0.5) is 0 Å². The predicted octanol–water partition coefficient (Wildman–Crippen LogP) is 13.9. The van der Waals surface area contributed by atoms with E-state index in [0.29, 0.717) is 12.8 Å². The fourth-order valence-electron chi connectivity index (χ4n) is 8.37. The van der Waals surface area contributed by atoms with Crippen LogP contribution in [0.25, 0.3) is 0 Å². The molecule has 0 rings (SSSR count). The average molecular weight is 866 g/mol. The van der Waals surface area contributed by atoms with Crippen LogP contribution >= 0.6 is 0 Å². The van der Waals surface area contributed by atoms with Crippen molar-refractivity contribution in [1.82, 2.24) is 0 Å². The normalized spacial score (nSPS) is 12.7. The van der Waals surface area contributed by atoms with Crippen LogP contribution in [0.15, 0.2) is 0 Å². The lowest BCUT2D eigenvalue weighted by atomic mass is 10.0. The highest BCUT2D eigenvalue weighted by Crippen LogP contribution is 2.17. The third-order valence-corrected chi connectivity index (χ3v) is 12.5. The molecule has 61 heavy (non-hydrogen) atoms. The second-order valence-electron chi connectivity index (χ2n) is 19.5. The molecule has 0 aromatic rings. The van der Waals surface area contributed by atoms with Gasteiger partial charge in [-0.1, -0.05) is 239 Å². The molecule has 0 aliphatic heterocycles. The molecule has 2 atom stereocenters. The quantitative estimate of drug-likeness (QED) is 0.0341. The Bertz CT molecular complexity index is 967. The van der Waals surface area contributed by atoms with Crippen LogP contribution in [-0.2, 0) is 28.6 Å². The summed E-state index contributed by atoms with van der Waals surface area (Å²) in [4.78, 5) is 37.0. The minimum absolute atomic E-state index is 0.0498. The largest absolute Gasteiger partial charge is 0.544 e. The number of quaternary nitrogens is 1. The maximum atomic E-state index is 12.8. The first-order valence-corrected chi connectivity index (χ1v) is 26.6. The molecule has 0 fully saturated rings. The van der Waals surface area contributed by atoms with Gasteiger partial charge < -0.3 is 28.6 Å². The molecule has 0 heterocycles. The predicted molar refractivity (Wildman–Crippen MR) is 255 cm³/mol. The third-order valence-electron chi connectivity index (χ3n) is 12.5. The Morgan fingerprint density at radius 1 is 0.426 bits per heavy atom. The van der Waals surface area contributed by atoms with E-state index >= 15 is 0 Å². The van der Waals surface area contributed by atoms with Gasteiger partial charge in [0.05, 0.1) is 40.3 Å². The number of nitrogens with zero attached hydrogens (tertiary/aromatic N) is 1. The van der Waals surface area contributed by atoms with Crippen LogP contribution in [0.1, 0.15) is 271 Å². The molecule has 8 heteroatoms. The van der Waals surface area contributed by atoms with E-state index in [4.69, 9.17) is 14.2 Å². The molecular formula is C53H103NO7. The Balaban J connectivity index is 4.15. The number of carbonyl (C=O) groups is 3. The van der Waals surface area contributed by atoms with Gasteiger partial charge in [0.15, 0.2) is 6.10 Å². The molecule has 8 nitrogen and oxygen atoms in total. The molecule has 0 aromatic heterocycles. The molecule has 0 aliphatic rings. The molecule has 362 valence electrons. The summed E-state index contributed by atoms with van der Waals surface area (Å²) in [5.41, 5.74) is 0. The molecule has 0 amide bonds. The number of rotatable bonds is 49. The van der Waals surface area contributed by atoms with E-state index in [1.807, 2.05) is 21.1 Å². The molecule has 0 radical (unpaired) electrons. The number of carboxylic acids is 1. The van der Waals surface area contributed by atoms with Crippen molar-refractivity contribution in [3.8, 4) is 0 Å². The van der Waals surface area contributed by atoms with Gasteiger partial charge in [-0.2, -0.15) is 0 Å². The number of likely N-dealkylation sites (N-methyl/N-ethyl adjacent to an activating group) is 1. The molecule has 0 spiro atoms.